The zero-order valence-electron chi connectivity index (χ0n) is 17.0. The molecule has 0 fully saturated rings. The lowest BCUT2D eigenvalue weighted by Gasteiger charge is -2.21. The van der Waals surface area contributed by atoms with Gasteiger partial charge in [0, 0.05) is 6.20 Å². The summed E-state index contributed by atoms with van der Waals surface area (Å²) >= 11 is 1.48. The Kier molecular flexibility index (Phi) is 5.63. The molecule has 4 aromatic rings. The van der Waals surface area contributed by atoms with Gasteiger partial charge in [0.1, 0.15) is 11.5 Å². The minimum absolute atomic E-state index is 0.229. The van der Waals surface area contributed by atoms with Crippen LogP contribution in [0.4, 0.5) is 5.13 Å². The lowest BCUT2D eigenvalue weighted by Crippen LogP contribution is -2.31. The molecule has 2 heterocycles. The van der Waals surface area contributed by atoms with Crippen molar-refractivity contribution >= 4 is 32.6 Å². The highest BCUT2D eigenvalue weighted by Crippen LogP contribution is 2.34. The molecule has 2 aromatic carbocycles. The average molecular weight is 420 g/mol. The Balaban J connectivity index is 1.82. The van der Waals surface area contributed by atoms with Crippen molar-refractivity contribution in [2.45, 2.75) is 13.5 Å². The largest absolute Gasteiger partial charge is 0.497 e. The molecule has 4 rings (SSSR count). The van der Waals surface area contributed by atoms with E-state index < -0.39 is 0 Å². The van der Waals surface area contributed by atoms with Gasteiger partial charge >= 0.3 is 0 Å². The van der Waals surface area contributed by atoms with Crippen molar-refractivity contribution < 1.29 is 14.3 Å². The van der Waals surface area contributed by atoms with E-state index in [9.17, 15) is 4.79 Å². The van der Waals surface area contributed by atoms with Crippen molar-refractivity contribution in [1.82, 2.24) is 9.97 Å². The standard InChI is InChI=1S/C23H21N3O3S/c1-15-7-6-9-20-21(15)25-23(30-20)26(14-16-8-4-5-12-24-16)22(27)18-13-17(28-2)10-11-19(18)29-3/h4-13H,14H2,1-3H3. The summed E-state index contributed by atoms with van der Waals surface area (Å²) in [5.41, 5.74) is 3.14. The van der Waals surface area contributed by atoms with Gasteiger partial charge in [0.15, 0.2) is 5.13 Å². The van der Waals surface area contributed by atoms with Crippen LogP contribution in [0.2, 0.25) is 0 Å². The second-order valence-corrected chi connectivity index (χ2v) is 7.71. The average Bonchev–Trinajstić information content (AvgIpc) is 3.22. The molecule has 0 unspecified atom stereocenters. The number of carbonyl (C=O) groups excluding carboxylic acids is 1. The summed E-state index contributed by atoms with van der Waals surface area (Å²) < 4.78 is 11.8. The summed E-state index contributed by atoms with van der Waals surface area (Å²) in [6.07, 6.45) is 1.71. The summed E-state index contributed by atoms with van der Waals surface area (Å²) in [6, 6.07) is 16.8. The van der Waals surface area contributed by atoms with Crippen LogP contribution in [0.5, 0.6) is 11.5 Å². The highest BCUT2D eigenvalue weighted by molar-refractivity contribution is 7.22. The molecule has 152 valence electrons. The van der Waals surface area contributed by atoms with Gasteiger partial charge in [0.2, 0.25) is 0 Å². The lowest BCUT2D eigenvalue weighted by molar-refractivity contribution is 0.0981. The third-order valence-corrected chi connectivity index (χ3v) is 5.81. The van der Waals surface area contributed by atoms with Gasteiger partial charge in [-0.3, -0.25) is 14.7 Å². The number of rotatable bonds is 6. The number of ether oxygens (including phenoxy) is 2. The molecule has 0 bridgehead atoms. The SMILES string of the molecule is COc1ccc(OC)c(C(=O)N(Cc2ccccn2)c2nc3c(C)cccc3s2)c1. The highest BCUT2D eigenvalue weighted by atomic mass is 32.1. The first kappa shape index (κ1) is 19.8. The first-order valence-corrected chi connectivity index (χ1v) is 10.2. The maximum atomic E-state index is 13.7. The lowest BCUT2D eigenvalue weighted by atomic mass is 10.1. The molecule has 0 saturated heterocycles. The van der Waals surface area contributed by atoms with Crippen LogP contribution in [0.25, 0.3) is 10.2 Å². The normalized spacial score (nSPS) is 10.8. The van der Waals surface area contributed by atoms with Gasteiger partial charge < -0.3 is 9.47 Å². The van der Waals surface area contributed by atoms with Gasteiger partial charge in [0.25, 0.3) is 5.91 Å². The predicted molar refractivity (Wildman–Crippen MR) is 119 cm³/mol. The first-order valence-electron chi connectivity index (χ1n) is 9.40. The molecule has 7 heteroatoms. The third kappa shape index (κ3) is 3.84. The van der Waals surface area contributed by atoms with Crippen LogP contribution in [0.15, 0.2) is 60.8 Å². The maximum Gasteiger partial charge on any atom is 0.264 e. The number of benzene rings is 2. The molecular weight excluding hydrogens is 398 g/mol. The number of aromatic nitrogens is 2. The molecule has 0 aliphatic rings. The van der Waals surface area contributed by atoms with E-state index in [1.165, 1.54) is 11.3 Å². The second kappa shape index (κ2) is 8.51. The molecule has 6 nitrogen and oxygen atoms in total. The van der Waals surface area contributed by atoms with Crippen molar-refractivity contribution in [2.24, 2.45) is 0 Å². The summed E-state index contributed by atoms with van der Waals surface area (Å²) in [4.78, 5) is 24.5. The minimum Gasteiger partial charge on any atom is -0.497 e. The number of amides is 1. The van der Waals surface area contributed by atoms with Crippen molar-refractivity contribution in [3.63, 3.8) is 0 Å². The van der Waals surface area contributed by atoms with E-state index in [0.717, 1.165) is 21.5 Å². The Morgan fingerprint density at radius 3 is 2.63 bits per heavy atom. The molecule has 0 saturated carbocycles. The molecular formula is C23H21N3O3S. The quantitative estimate of drug-likeness (QED) is 0.446. The number of hydrogen-bond donors (Lipinski definition) is 0. The van der Waals surface area contributed by atoms with E-state index >= 15 is 0 Å². The van der Waals surface area contributed by atoms with Crippen LogP contribution in [0.1, 0.15) is 21.6 Å². The van der Waals surface area contributed by atoms with Crippen LogP contribution >= 0.6 is 11.3 Å². The number of carbonyl (C=O) groups is 1. The number of aryl methyl sites for hydroxylation is 1. The summed E-state index contributed by atoms with van der Waals surface area (Å²) in [6.45, 7) is 2.31. The third-order valence-electron chi connectivity index (χ3n) is 4.77. The number of thiazole rings is 1. The van der Waals surface area contributed by atoms with Gasteiger partial charge in [-0.05, 0) is 48.9 Å². The summed E-state index contributed by atoms with van der Waals surface area (Å²) in [5, 5.41) is 0.611. The van der Waals surface area contributed by atoms with Crippen molar-refractivity contribution in [2.75, 3.05) is 19.1 Å². The molecule has 0 aliphatic heterocycles. The van der Waals surface area contributed by atoms with Crippen molar-refractivity contribution in [1.29, 1.82) is 0 Å². The van der Waals surface area contributed by atoms with Gasteiger partial charge in [-0.15, -0.1) is 0 Å². The van der Waals surface area contributed by atoms with E-state index in [2.05, 4.69) is 4.98 Å². The fraction of sp³-hybridized carbons (Fsp3) is 0.174. The van der Waals surface area contributed by atoms with E-state index in [1.54, 1.807) is 43.5 Å². The summed E-state index contributed by atoms with van der Waals surface area (Å²) in [5.74, 6) is 0.828. The fourth-order valence-corrected chi connectivity index (χ4v) is 4.24. The second-order valence-electron chi connectivity index (χ2n) is 6.70. The monoisotopic (exact) mass is 419 g/mol. The predicted octanol–water partition coefficient (Wildman–Crippen LogP) is 4.86. The Hall–Kier alpha value is -3.45. The van der Waals surface area contributed by atoms with E-state index in [-0.39, 0.29) is 5.91 Å². The first-order chi connectivity index (χ1) is 14.6. The van der Waals surface area contributed by atoms with Crippen molar-refractivity contribution in [3.05, 3.63) is 77.6 Å². The Morgan fingerprint density at radius 2 is 1.93 bits per heavy atom. The molecule has 2 aromatic heterocycles. The van der Waals surface area contributed by atoms with Crippen LogP contribution in [-0.2, 0) is 6.54 Å². The number of methoxy groups -OCH3 is 2. The van der Waals surface area contributed by atoms with Crippen LogP contribution in [0, 0.1) is 6.92 Å². The summed E-state index contributed by atoms with van der Waals surface area (Å²) in [7, 11) is 3.11. The Morgan fingerprint density at radius 1 is 1.07 bits per heavy atom. The smallest absolute Gasteiger partial charge is 0.264 e. The fourth-order valence-electron chi connectivity index (χ4n) is 3.20. The van der Waals surface area contributed by atoms with E-state index in [4.69, 9.17) is 14.5 Å². The highest BCUT2D eigenvalue weighted by Gasteiger charge is 2.25. The van der Waals surface area contributed by atoms with Crippen LogP contribution < -0.4 is 14.4 Å². The molecule has 30 heavy (non-hydrogen) atoms. The molecule has 0 radical (unpaired) electrons. The van der Waals surface area contributed by atoms with Gasteiger partial charge in [0.05, 0.1) is 42.2 Å². The molecule has 0 atom stereocenters. The Labute approximate surface area is 178 Å². The number of pyridine rings is 1. The van der Waals surface area contributed by atoms with E-state index in [1.807, 2.05) is 43.3 Å². The zero-order chi connectivity index (χ0) is 21.1. The molecule has 0 aliphatic carbocycles. The molecule has 1 amide bonds. The molecule has 0 N–H and O–H groups in total. The zero-order valence-corrected chi connectivity index (χ0v) is 17.8. The topological polar surface area (TPSA) is 64.6 Å². The minimum atomic E-state index is -0.229. The number of para-hydroxylation sites is 1. The van der Waals surface area contributed by atoms with Crippen molar-refractivity contribution in [3.8, 4) is 11.5 Å². The Bertz CT molecular complexity index is 1190. The van der Waals surface area contributed by atoms with Gasteiger partial charge in [-0.2, -0.15) is 0 Å². The number of hydrogen-bond acceptors (Lipinski definition) is 6. The molecule has 0 spiro atoms. The van der Waals surface area contributed by atoms with Gasteiger partial charge in [-0.25, -0.2) is 4.98 Å². The number of anilines is 1. The van der Waals surface area contributed by atoms with Gasteiger partial charge in [-0.1, -0.05) is 29.5 Å². The maximum absolute atomic E-state index is 13.7. The number of nitrogens with zero attached hydrogens (tertiary/aromatic N) is 3. The van der Waals surface area contributed by atoms with E-state index in [0.29, 0.717) is 28.7 Å². The number of fused-ring (bicyclic) bond motifs is 1. The van der Waals surface area contributed by atoms with Crippen LogP contribution in [0.3, 0.4) is 0 Å². The van der Waals surface area contributed by atoms with Crippen LogP contribution in [-0.4, -0.2) is 30.1 Å².